The van der Waals surface area contributed by atoms with E-state index in [-0.39, 0.29) is 11.2 Å². The van der Waals surface area contributed by atoms with E-state index in [0.717, 1.165) is 30.0 Å². The predicted octanol–water partition coefficient (Wildman–Crippen LogP) is 2.77. The number of rotatable bonds is 6. The first-order chi connectivity index (χ1) is 10.2. The Bertz CT molecular complexity index is 607. The van der Waals surface area contributed by atoms with Crippen LogP contribution in [0.2, 0.25) is 0 Å². The maximum absolute atomic E-state index is 11.9. The molecule has 1 fully saturated rings. The second kappa shape index (κ2) is 6.35. The van der Waals surface area contributed by atoms with Gasteiger partial charge in [0.25, 0.3) is 0 Å². The minimum Gasteiger partial charge on any atom is -0.352 e. The van der Waals surface area contributed by atoms with Crippen LogP contribution in [0.3, 0.4) is 0 Å². The van der Waals surface area contributed by atoms with Crippen molar-refractivity contribution < 1.29 is 4.79 Å². The van der Waals surface area contributed by atoms with Crippen LogP contribution >= 0.6 is 11.8 Å². The zero-order chi connectivity index (χ0) is 14.7. The van der Waals surface area contributed by atoms with Gasteiger partial charge in [-0.3, -0.25) is 4.79 Å². The van der Waals surface area contributed by atoms with Crippen LogP contribution in [-0.4, -0.2) is 27.0 Å². The van der Waals surface area contributed by atoms with Gasteiger partial charge >= 0.3 is 0 Å². The van der Waals surface area contributed by atoms with Crippen LogP contribution < -0.4 is 5.32 Å². The molecule has 5 heteroatoms. The average Bonchev–Trinajstić information content (AvgIpc) is 3.20. The number of hydrogen-bond acceptors (Lipinski definition) is 3. The minimum atomic E-state index is -0.0347. The van der Waals surface area contributed by atoms with E-state index in [1.54, 1.807) is 11.8 Å². The Morgan fingerprint density at radius 1 is 1.38 bits per heavy atom. The molecule has 0 unspecified atom stereocenters. The van der Waals surface area contributed by atoms with Crippen molar-refractivity contribution in [2.45, 2.75) is 36.8 Å². The number of nitrogens with zero attached hydrogens (tertiary/aromatic N) is 2. The zero-order valence-electron chi connectivity index (χ0n) is 12.0. The summed E-state index contributed by atoms with van der Waals surface area (Å²) in [7, 11) is 0. The van der Waals surface area contributed by atoms with E-state index in [1.807, 2.05) is 54.2 Å². The van der Waals surface area contributed by atoms with Crippen molar-refractivity contribution in [1.29, 1.82) is 0 Å². The second-order valence-electron chi connectivity index (χ2n) is 5.32. The normalized spacial score (nSPS) is 15.7. The summed E-state index contributed by atoms with van der Waals surface area (Å²) in [5.74, 6) is 0.893. The number of carbonyl (C=O) groups excluding carboxylic acids is 1. The first-order valence-electron chi connectivity index (χ1n) is 7.24. The van der Waals surface area contributed by atoms with Crippen LogP contribution in [0.1, 0.15) is 25.5 Å². The van der Waals surface area contributed by atoms with Crippen molar-refractivity contribution in [3.05, 3.63) is 48.3 Å². The molecule has 1 amide bonds. The third-order valence-corrected chi connectivity index (χ3v) is 4.62. The van der Waals surface area contributed by atoms with Crippen molar-refractivity contribution in [3.63, 3.8) is 0 Å². The highest BCUT2D eigenvalue weighted by Gasteiger charge is 2.25. The van der Waals surface area contributed by atoms with Crippen LogP contribution in [0, 0.1) is 0 Å². The first kappa shape index (κ1) is 14.2. The topological polar surface area (TPSA) is 46.9 Å². The SMILES string of the molecule is C[C@@H](SCc1ccn(-c2ccccc2)n1)C(=O)NC1CC1. The number of para-hydroxylation sites is 1. The van der Waals surface area contributed by atoms with Gasteiger partial charge in [0.15, 0.2) is 0 Å². The lowest BCUT2D eigenvalue weighted by Gasteiger charge is -2.10. The molecule has 4 nitrogen and oxygen atoms in total. The summed E-state index contributed by atoms with van der Waals surface area (Å²) in [4.78, 5) is 11.9. The molecular weight excluding hydrogens is 282 g/mol. The quantitative estimate of drug-likeness (QED) is 0.892. The van der Waals surface area contributed by atoms with Gasteiger partial charge in [0, 0.05) is 18.0 Å². The third-order valence-electron chi connectivity index (χ3n) is 3.44. The maximum atomic E-state index is 11.9. The number of benzene rings is 1. The molecule has 3 rings (SSSR count). The fourth-order valence-corrected chi connectivity index (χ4v) is 2.79. The van der Waals surface area contributed by atoms with Crippen molar-refractivity contribution in [3.8, 4) is 5.69 Å². The number of nitrogens with one attached hydrogen (secondary N) is 1. The lowest BCUT2D eigenvalue weighted by Crippen LogP contribution is -2.32. The smallest absolute Gasteiger partial charge is 0.233 e. The summed E-state index contributed by atoms with van der Waals surface area (Å²) in [6, 6.07) is 12.5. The first-order valence-corrected chi connectivity index (χ1v) is 8.29. The molecule has 21 heavy (non-hydrogen) atoms. The molecule has 1 aliphatic carbocycles. The average molecular weight is 301 g/mol. The lowest BCUT2D eigenvalue weighted by molar-refractivity contribution is -0.120. The van der Waals surface area contributed by atoms with Gasteiger partial charge in [-0.1, -0.05) is 18.2 Å². The van der Waals surface area contributed by atoms with Crippen LogP contribution in [0.5, 0.6) is 0 Å². The minimum absolute atomic E-state index is 0.0347. The highest BCUT2D eigenvalue weighted by molar-refractivity contribution is 7.99. The molecule has 0 aliphatic heterocycles. The predicted molar refractivity (Wildman–Crippen MR) is 85.5 cm³/mol. The van der Waals surface area contributed by atoms with E-state index in [0.29, 0.717) is 6.04 Å². The highest BCUT2D eigenvalue weighted by Crippen LogP contribution is 2.22. The molecule has 110 valence electrons. The number of thioether (sulfide) groups is 1. The molecule has 1 saturated carbocycles. The Hall–Kier alpha value is -1.75. The molecule has 1 N–H and O–H groups in total. The fourth-order valence-electron chi connectivity index (χ4n) is 2.00. The molecule has 2 aromatic rings. The molecule has 0 spiro atoms. The summed E-state index contributed by atoms with van der Waals surface area (Å²) in [6.45, 7) is 1.95. The Labute approximate surface area is 128 Å². The van der Waals surface area contributed by atoms with Crippen molar-refractivity contribution in [2.75, 3.05) is 0 Å². The van der Waals surface area contributed by atoms with Crippen LogP contribution in [0.15, 0.2) is 42.6 Å². The molecule has 0 saturated heterocycles. The van der Waals surface area contributed by atoms with Crippen LogP contribution in [0.4, 0.5) is 0 Å². The van der Waals surface area contributed by atoms with Gasteiger partial charge in [-0.05, 0) is 38.0 Å². The van der Waals surface area contributed by atoms with Gasteiger partial charge in [0.05, 0.1) is 16.6 Å². The molecular formula is C16H19N3OS. The molecule has 1 heterocycles. The molecule has 1 aromatic heterocycles. The fraction of sp³-hybridized carbons (Fsp3) is 0.375. The summed E-state index contributed by atoms with van der Waals surface area (Å²) >= 11 is 1.63. The number of aromatic nitrogens is 2. The summed E-state index contributed by atoms with van der Waals surface area (Å²) in [6.07, 6.45) is 4.22. The number of carbonyl (C=O) groups is 1. The van der Waals surface area contributed by atoms with E-state index < -0.39 is 0 Å². The van der Waals surface area contributed by atoms with Crippen molar-refractivity contribution in [1.82, 2.24) is 15.1 Å². The molecule has 1 aliphatic rings. The largest absolute Gasteiger partial charge is 0.352 e. The van der Waals surface area contributed by atoms with Gasteiger partial charge < -0.3 is 5.32 Å². The second-order valence-corrected chi connectivity index (χ2v) is 6.65. The van der Waals surface area contributed by atoms with Gasteiger partial charge in [-0.2, -0.15) is 5.10 Å². The summed E-state index contributed by atoms with van der Waals surface area (Å²) in [5, 5.41) is 7.55. The highest BCUT2D eigenvalue weighted by atomic mass is 32.2. The van der Waals surface area contributed by atoms with Crippen molar-refractivity contribution >= 4 is 17.7 Å². The van der Waals surface area contributed by atoms with E-state index in [1.165, 1.54) is 0 Å². The third kappa shape index (κ3) is 3.88. The molecule has 1 atom stereocenters. The molecule has 1 aromatic carbocycles. The van der Waals surface area contributed by atoms with Gasteiger partial charge in [-0.15, -0.1) is 11.8 Å². The lowest BCUT2D eigenvalue weighted by atomic mass is 10.3. The maximum Gasteiger partial charge on any atom is 0.233 e. The molecule has 0 bridgehead atoms. The van der Waals surface area contributed by atoms with E-state index in [2.05, 4.69) is 10.4 Å². The van der Waals surface area contributed by atoms with Gasteiger partial charge in [0.2, 0.25) is 5.91 Å². The van der Waals surface area contributed by atoms with Gasteiger partial charge in [0.1, 0.15) is 0 Å². The zero-order valence-corrected chi connectivity index (χ0v) is 12.8. The summed E-state index contributed by atoms with van der Waals surface area (Å²) < 4.78 is 1.87. The monoisotopic (exact) mass is 301 g/mol. The summed E-state index contributed by atoms with van der Waals surface area (Å²) in [5.41, 5.74) is 2.04. The van der Waals surface area contributed by atoms with Gasteiger partial charge in [-0.25, -0.2) is 4.68 Å². The van der Waals surface area contributed by atoms with Crippen molar-refractivity contribution in [2.24, 2.45) is 0 Å². The van der Waals surface area contributed by atoms with Crippen LogP contribution in [-0.2, 0) is 10.5 Å². The van der Waals surface area contributed by atoms with E-state index in [4.69, 9.17) is 0 Å². The van der Waals surface area contributed by atoms with E-state index in [9.17, 15) is 4.79 Å². The number of amides is 1. The Morgan fingerprint density at radius 3 is 2.86 bits per heavy atom. The standard InChI is InChI=1S/C16H19N3OS/c1-12(16(20)17-13-7-8-13)21-11-14-9-10-19(18-14)15-5-3-2-4-6-15/h2-6,9-10,12-13H,7-8,11H2,1H3,(H,17,20)/t12-/m1/s1. The number of hydrogen-bond donors (Lipinski definition) is 1. The Kier molecular flexibility index (Phi) is 4.29. The van der Waals surface area contributed by atoms with Crippen LogP contribution in [0.25, 0.3) is 5.69 Å². The Morgan fingerprint density at radius 2 is 2.14 bits per heavy atom. The Balaban J connectivity index is 1.53. The van der Waals surface area contributed by atoms with E-state index >= 15 is 0 Å². The molecule has 0 radical (unpaired) electrons.